The molecule has 0 saturated heterocycles. The van der Waals surface area contributed by atoms with Gasteiger partial charge in [0.2, 0.25) is 5.69 Å². The molecule has 1 aromatic heterocycles. The lowest BCUT2D eigenvalue weighted by molar-refractivity contribution is -0.660. The summed E-state index contributed by atoms with van der Waals surface area (Å²) in [5, 5.41) is 0. The standard InChI is InChI=1S/C38H38N/c1-25-17-18-28(27-13-9-8-10-14-27)22-30(25)36-21-26(2)31(24-39(36)7)29-19-20-34-35(23-29)38(5,6)33-16-12-11-15-32(33)37(34,3)4/h8-24H,1-7H3/q+1. The quantitative estimate of drug-likeness (QED) is 0.214. The maximum atomic E-state index is 2.45. The minimum absolute atomic E-state index is 0.0230. The van der Waals surface area contributed by atoms with Gasteiger partial charge >= 0.3 is 0 Å². The van der Waals surface area contributed by atoms with Crippen molar-refractivity contribution in [3.05, 3.63) is 137 Å². The maximum Gasteiger partial charge on any atom is 0.212 e. The number of hydrogen-bond acceptors (Lipinski definition) is 0. The Labute approximate surface area is 233 Å². The number of hydrogen-bond donors (Lipinski definition) is 0. The maximum absolute atomic E-state index is 2.45. The summed E-state index contributed by atoms with van der Waals surface area (Å²) in [6, 6.07) is 36.0. The van der Waals surface area contributed by atoms with Crippen LogP contribution in [0, 0.1) is 13.8 Å². The van der Waals surface area contributed by atoms with Gasteiger partial charge in [0.05, 0.1) is 0 Å². The summed E-state index contributed by atoms with van der Waals surface area (Å²) in [4.78, 5) is 0. The third-order valence-electron chi connectivity index (χ3n) is 9.05. The molecule has 0 fully saturated rings. The van der Waals surface area contributed by atoms with E-state index in [0.29, 0.717) is 0 Å². The fourth-order valence-electron chi connectivity index (χ4n) is 6.66. The van der Waals surface area contributed by atoms with E-state index in [1.165, 1.54) is 66.9 Å². The van der Waals surface area contributed by atoms with E-state index in [1.807, 2.05) is 0 Å². The highest BCUT2D eigenvalue weighted by Gasteiger charge is 2.41. The monoisotopic (exact) mass is 508 g/mol. The molecule has 1 aliphatic carbocycles. The first-order valence-corrected chi connectivity index (χ1v) is 14.0. The molecule has 39 heavy (non-hydrogen) atoms. The third-order valence-corrected chi connectivity index (χ3v) is 9.05. The first kappa shape index (κ1) is 25.3. The molecule has 1 heterocycles. The second kappa shape index (κ2) is 9.06. The molecule has 0 amide bonds. The van der Waals surface area contributed by atoms with Gasteiger partial charge in [-0.1, -0.05) is 107 Å². The van der Waals surface area contributed by atoms with Gasteiger partial charge in [0.15, 0.2) is 6.20 Å². The van der Waals surface area contributed by atoms with Crippen molar-refractivity contribution < 1.29 is 4.57 Å². The van der Waals surface area contributed by atoms with E-state index < -0.39 is 0 Å². The number of pyridine rings is 1. The zero-order valence-electron chi connectivity index (χ0n) is 24.3. The predicted molar refractivity (Wildman–Crippen MR) is 164 cm³/mol. The SMILES string of the molecule is Cc1cc(-c2cc(-c3ccccc3)ccc2C)[n+](C)cc1-c1ccc2c(c1)C(C)(C)c1ccccc1C2(C)C. The van der Waals surface area contributed by atoms with Crippen LogP contribution in [-0.2, 0) is 17.9 Å². The van der Waals surface area contributed by atoms with E-state index in [9.17, 15) is 0 Å². The predicted octanol–water partition coefficient (Wildman–Crippen LogP) is 9.09. The smallest absolute Gasteiger partial charge is 0.200 e. The Morgan fingerprint density at radius 2 is 1.08 bits per heavy atom. The van der Waals surface area contributed by atoms with Gasteiger partial charge in [0.25, 0.3) is 0 Å². The van der Waals surface area contributed by atoms with E-state index in [4.69, 9.17) is 0 Å². The Balaban J connectivity index is 1.46. The van der Waals surface area contributed by atoms with Crippen molar-refractivity contribution in [3.63, 3.8) is 0 Å². The normalized spacial score (nSPS) is 14.9. The molecule has 0 spiro atoms. The van der Waals surface area contributed by atoms with E-state index >= 15 is 0 Å². The molecule has 0 unspecified atom stereocenters. The molecule has 0 aliphatic heterocycles. The van der Waals surface area contributed by atoms with Crippen LogP contribution < -0.4 is 4.57 Å². The Morgan fingerprint density at radius 1 is 0.487 bits per heavy atom. The topological polar surface area (TPSA) is 3.88 Å². The van der Waals surface area contributed by atoms with Crippen LogP contribution >= 0.6 is 0 Å². The van der Waals surface area contributed by atoms with Crippen molar-refractivity contribution in [2.75, 3.05) is 0 Å². The van der Waals surface area contributed by atoms with E-state index in [1.54, 1.807) is 0 Å². The molecular weight excluding hydrogens is 470 g/mol. The highest BCUT2D eigenvalue weighted by Crippen LogP contribution is 2.50. The van der Waals surface area contributed by atoms with Gasteiger partial charge in [-0.25, -0.2) is 4.57 Å². The number of aryl methyl sites for hydroxylation is 3. The van der Waals surface area contributed by atoms with Crippen LogP contribution in [0.3, 0.4) is 0 Å². The van der Waals surface area contributed by atoms with Crippen molar-refractivity contribution in [2.24, 2.45) is 7.05 Å². The second-order valence-corrected chi connectivity index (χ2v) is 12.3. The molecule has 1 aliphatic rings. The van der Waals surface area contributed by atoms with Crippen LogP contribution in [0.5, 0.6) is 0 Å². The van der Waals surface area contributed by atoms with Crippen LogP contribution in [-0.4, -0.2) is 0 Å². The van der Waals surface area contributed by atoms with Gasteiger partial charge in [-0.05, 0) is 76.1 Å². The molecule has 0 radical (unpaired) electrons. The molecule has 4 aromatic carbocycles. The Kier molecular flexibility index (Phi) is 5.88. The van der Waals surface area contributed by atoms with Crippen LogP contribution in [0.25, 0.3) is 33.5 Å². The van der Waals surface area contributed by atoms with Crippen molar-refractivity contribution in [1.82, 2.24) is 0 Å². The molecule has 194 valence electrons. The van der Waals surface area contributed by atoms with E-state index in [2.05, 4.69) is 156 Å². The highest BCUT2D eigenvalue weighted by molar-refractivity contribution is 5.75. The summed E-state index contributed by atoms with van der Waals surface area (Å²) in [7, 11) is 2.18. The zero-order chi connectivity index (χ0) is 27.5. The van der Waals surface area contributed by atoms with Crippen molar-refractivity contribution in [2.45, 2.75) is 52.4 Å². The van der Waals surface area contributed by atoms with Crippen molar-refractivity contribution >= 4 is 0 Å². The first-order chi connectivity index (χ1) is 18.6. The number of fused-ring (bicyclic) bond motifs is 2. The Morgan fingerprint density at radius 3 is 1.77 bits per heavy atom. The van der Waals surface area contributed by atoms with Crippen molar-refractivity contribution in [1.29, 1.82) is 0 Å². The zero-order valence-corrected chi connectivity index (χ0v) is 24.3. The van der Waals surface area contributed by atoms with Gasteiger partial charge in [0, 0.05) is 28.0 Å². The van der Waals surface area contributed by atoms with Gasteiger partial charge in [-0.2, -0.15) is 0 Å². The largest absolute Gasteiger partial charge is 0.212 e. The Hall–Kier alpha value is -3.97. The number of benzene rings is 4. The lowest BCUT2D eigenvalue weighted by atomic mass is 9.60. The molecule has 0 bridgehead atoms. The second-order valence-electron chi connectivity index (χ2n) is 12.3. The van der Waals surface area contributed by atoms with Crippen LogP contribution in [0.1, 0.15) is 61.1 Å². The minimum Gasteiger partial charge on any atom is -0.200 e. The van der Waals surface area contributed by atoms with Gasteiger partial charge in [-0.3, -0.25) is 0 Å². The number of nitrogens with zero attached hydrogens (tertiary/aromatic N) is 1. The summed E-state index contributed by atoms with van der Waals surface area (Å²) >= 11 is 0. The average molecular weight is 509 g/mol. The molecule has 5 aromatic rings. The van der Waals surface area contributed by atoms with Crippen molar-refractivity contribution in [3.8, 4) is 33.5 Å². The molecule has 0 saturated carbocycles. The lowest BCUT2D eigenvalue weighted by Gasteiger charge is -2.44. The molecule has 0 atom stereocenters. The number of aromatic nitrogens is 1. The molecule has 0 N–H and O–H groups in total. The fourth-order valence-corrected chi connectivity index (χ4v) is 6.66. The molecule has 1 nitrogen and oxygen atoms in total. The summed E-state index contributed by atoms with van der Waals surface area (Å²) in [5.41, 5.74) is 15.8. The lowest BCUT2D eigenvalue weighted by Crippen LogP contribution is -2.36. The van der Waals surface area contributed by atoms with E-state index in [0.717, 1.165) is 0 Å². The summed E-state index contributed by atoms with van der Waals surface area (Å²) in [6.07, 6.45) is 2.32. The van der Waals surface area contributed by atoms with Crippen LogP contribution in [0.2, 0.25) is 0 Å². The van der Waals surface area contributed by atoms with Gasteiger partial charge < -0.3 is 0 Å². The average Bonchev–Trinajstić information content (AvgIpc) is 2.94. The molecular formula is C38H38N+. The summed E-state index contributed by atoms with van der Waals surface area (Å²) in [5.74, 6) is 0. The minimum atomic E-state index is -0.0531. The van der Waals surface area contributed by atoms with Crippen LogP contribution in [0.15, 0.2) is 103 Å². The van der Waals surface area contributed by atoms with E-state index in [-0.39, 0.29) is 10.8 Å². The molecule has 1 heteroatoms. The Bertz CT molecular complexity index is 1720. The van der Waals surface area contributed by atoms with Gasteiger partial charge in [0.1, 0.15) is 7.05 Å². The van der Waals surface area contributed by atoms with Crippen LogP contribution in [0.4, 0.5) is 0 Å². The summed E-state index contributed by atoms with van der Waals surface area (Å²) < 4.78 is 2.29. The van der Waals surface area contributed by atoms with Gasteiger partial charge in [-0.15, -0.1) is 0 Å². The molecule has 6 rings (SSSR count). The first-order valence-electron chi connectivity index (χ1n) is 14.0. The highest BCUT2D eigenvalue weighted by atomic mass is 14.9. The number of rotatable bonds is 3. The third kappa shape index (κ3) is 4.03. The summed E-state index contributed by atoms with van der Waals surface area (Å²) in [6.45, 7) is 13.9. The fraction of sp³-hybridized carbons (Fsp3) is 0.237.